The van der Waals surface area contributed by atoms with Crippen molar-refractivity contribution in [2.24, 2.45) is 0 Å². The first kappa shape index (κ1) is 3.74. The van der Waals surface area contributed by atoms with Gasteiger partial charge in [-0.25, -0.2) is 0 Å². The van der Waals surface area contributed by atoms with Gasteiger partial charge in [-0.3, -0.25) is 0 Å². The molecule has 0 radical (unpaired) electrons. The average molecular weight is 269 g/mol. The second-order valence-electron chi connectivity index (χ2n) is 2.41. The van der Waals surface area contributed by atoms with Crippen molar-refractivity contribution in [3.8, 4) is 0 Å². The highest BCUT2D eigenvalue weighted by atomic mass is 79.9. The van der Waals surface area contributed by atoms with Crippen LogP contribution in [-0.2, 0) is 0 Å². The number of rotatable bonds is 1. The summed E-state index contributed by atoms with van der Waals surface area (Å²) in [6, 6.07) is 4.08. The van der Waals surface area contributed by atoms with E-state index in [9.17, 15) is 0 Å². The second-order valence-corrected chi connectivity index (χ2v) is 3.67. The molecule has 0 aromatic heterocycles. The van der Waals surface area contributed by atoms with Crippen LogP contribution in [0.2, 0.25) is 5.02 Å². The number of halogens is 2. The van der Waals surface area contributed by atoms with Gasteiger partial charge in [-0.2, -0.15) is 0 Å². The Morgan fingerprint density at radius 2 is 2.08 bits per heavy atom. The van der Waals surface area contributed by atoms with Crippen LogP contribution in [0.15, 0.2) is 22.7 Å². The molecular weight excluding hydrogens is 249 g/mol. The van der Waals surface area contributed by atoms with E-state index in [4.69, 9.17) is 22.6 Å². The fourth-order valence-corrected chi connectivity index (χ4v) is 1.37. The van der Waals surface area contributed by atoms with Crippen LogP contribution in [0.5, 0.6) is 0 Å². The lowest BCUT2D eigenvalue weighted by Gasteiger charge is -2.17. The molecular formula is C10H11BrClN. The average Bonchev–Trinajstić information content (AvgIpc) is 2.38. The minimum atomic E-state index is -3.05. The van der Waals surface area contributed by atoms with Crippen LogP contribution < -0.4 is 4.90 Å². The number of anilines is 1. The Morgan fingerprint density at radius 3 is 2.69 bits per heavy atom. The third-order valence-corrected chi connectivity index (χ3v) is 2.79. The molecule has 1 aliphatic rings. The van der Waals surface area contributed by atoms with Crippen molar-refractivity contribution in [2.75, 3.05) is 17.9 Å². The summed E-state index contributed by atoms with van der Waals surface area (Å²) in [4.78, 5) is 0.471. The molecule has 1 aromatic rings. The Morgan fingerprint density at radius 1 is 1.38 bits per heavy atom. The summed E-state index contributed by atoms with van der Waals surface area (Å²) >= 11 is 9.07. The number of hydrogen-bond acceptors (Lipinski definition) is 1. The topological polar surface area (TPSA) is 3.24 Å². The first-order valence-corrected chi connectivity index (χ1v) is 4.71. The van der Waals surface area contributed by atoms with Crippen molar-refractivity contribution >= 4 is 33.2 Å². The molecule has 0 unspecified atom stereocenters. The summed E-state index contributed by atoms with van der Waals surface area (Å²) in [5.41, 5.74) is -0.0385. The maximum atomic E-state index is 7.90. The van der Waals surface area contributed by atoms with Crippen LogP contribution in [0.1, 0.15) is 23.7 Å². The van der Waals surface area contributed by atoms with Gasteiger partial charge >= 0.3 is 0 Å². The minimum Gasteiger partial charge on any atom is -0.371 e. The van der Waals surface area contributed by atoms with Gasteiger partial charge in [0, 0.05) is 34.1 Å². The maximum absolute atomic E-state index is 7.90. The predicted molar refractivity (Wildman–Crippen MR) is 60.6 cm³/mol. The molecule has 13 heavy (non-hydrogen) atoms. The first-order chi connectivity index (χ1) is 9.28. The molecule has 0 saturated carbocycles. The van der Waals surface area contributed by atoms with Crippen molar-refractivity contribution in [3.05, 3.63) is 27.7 Å². The van der Waals surface area contributed by atoms with Crippen molar-refractivity contribution in [2.45, 2.75) is 12.7 Å². The van der Waals surface area contributed by atoms with E-state index in [2.05, 4.69) is 15.9 Å². The Bertz CT molecular complexity index is 564. The molecule has 1 heterocycles. The van der Waals surface area contributed by atoms with Crippen LogP contribution in [0.25, 0.3) is 0 Å². The van der Waals surface area contributed by atoms with E-state index in [1.54, 1.807) is 0 Å². The molecule has 0 bridgehead atoms. The van der Waals surface area contributed by atoms with E-state index in [0.717, 1.165) is 0 Å². The second kappa shape index (κ2) is 3.89. The minimum absolute atomic E-state index is 0.0385. The van der Waals surface area contributed by atoms with E-state index in [0.29, 0.717) is 9.37 Å². The highest BCUT2D eigenvalue weighted by molar-refractivity contribution is 9.10. The maximum Gasteiger partial charge on any atom is 0.0568 e. The van der Waals surface area contributed by atoms with Crippen LogP contribution in [-0.4, -0.2) is 13.0 Å². The van der Waals surface area contributed by atoms with Crippen LogP contribution >= 0.6 is 27.5 Å². The van der Waals surface area contributed by atoms with Crippen molar-refractivity contribution in [1.29, 1.82) is 0 Å². The predicted octanol–water partition coefficient (Wildman–Crippen LogP) is 3.70. The van der Waals surface area contributed by atoms with E-state index in [-0.39, 0.29) is 10.7 Å². The molecule has 3 heteroatoms. The van der Waals surface area contributed by atoms with E-state index in [1.807, 2.05) is 0 Å². The third kappa shape index (κ3) is 2.00. The van der Waals surface area contributed by atoms with Crippen molar-refractivity contribution in [1.82, 2.24) is 0 Å². The number of nitrogens with zero attached hydrogens (tertiary/aromatic N) is 1. The summed E-state index contributed by atoms with van der Waals surface area (Å²) in [6.07, 6.45) is -6.11. The summed E-state index contributed by atoms with van der Waals surface area (Å²) in [5, 5.41) is 0.187. The van der Waals surface area contributed by atoms with Gasteiger partial charge in [-0.05, 0) is 46.9 Å². The van der Waals surface area contributed by atoms with Gasteiger partial charge in [0.2, 0.25) is 0 Å². The lowest BCUT2D eigenvalue weighted by molar-refractivity contribution is 0.949. The van der Waals surface area contributed by atoms with E-state index >= 15 is 0 Å². The van der Waals surface area contributed by atoms with Crippen molar-refractivity contribution < 1.29 is 11.0 Å². The quantitative estimate of drug-likeness (QED) is 0.751. The van der Waals surface area contributed by atoms with E-state index < -0.39 is 25.7 Å². The lowest BCUT2D eigenvalue weighted by Crippen LogP contribution is -2.17. The van der Waals surface area contributed by atoms with Gasteiger partial charge in [0.15, 0.2) is 0 Å². The molecule has 0 aliphatic carbocycles. The summed E-state index contributed by atoms with van der Waals surface area (Å²) < 4.78 is 63.0. The Kier molecular flexibility index (Phi) is 1.12. The summed E-state index contributed by atoms with van der Waals surface area (Å²) in [5.74, 6) is 0. The Hall–Kier alpha value is -0.210. The van der Waals surface area contributed by atoms with Crippen LogP contribution in [0.4, 0.5) is 5.69 Å². The smallest absolute Gasteiger partial charge is 0.0568 e. The van der Waals surface area contributed by atoms with Gasteiger partial charge in [0.1, 0.15) is 0 Å². The van der Waals surface area contributed by atoms with Gasteiger partial charge in [-0.1, -0.05) is 11.6 Å². The highest BCUT2D eigenvalue weighted by Crippen LogP contribution is 2.29. The standard InChI is InChI=1S/C10H11BrClN/c11-9-4-3-8(7-10(9)12)13-5-1-2-6-13/h3-4,7H,1-2,5-6H2/i1D2,2D2,5D2,6D2. The van der Waals surface area contributed by atoms with Crippen molar-refractivity contribution in [3.63, 3.8) is 0 Å². The molecule has 2 rings (SSSR count). The molecule has 70 valence electrons. The largest absolute Gasteiger partial charge is 0.371 e. The molecule has 1 aliphatic heterocycles. The normalized spacial score (nSPS) is 41.2. The summed E-state index contributed by atoms with van der Waals surface area (Å²) in [7, 11) is 0. The van der Waals surface area contributed by atoms with Gasteiger partial charge in [0.05, 0.1) is 5.02 Å². The molecule has 1 fully saturated rings. The molecule has 1 nitrogen and oxygen atoms in total. The number of hydrogen-bond donors (Lipinski definition) is 0. The lowest BCUT2D eigenvalue weighted by atomic mass is 10.3. The zero-order chi connectivity index (χ0) is 16.4. The van der Waals surface area contributed by atoms with Crippen LogP contribution in [0, 0.1) is 0 Å². The SMILES string of the molecule is [2H]C1([2H])N(c2ccc(Br)c(Cl)c2)C([2H])([2H])C([2H])([2H])C1([2H])[2H]. The fourth-order valence-electron chi connectivity index (χ4n) is 0.949. The Balaban J connectivity index is 2.69. The molecule has 0 amide bonds. The molecule has 0 spiro atoms. The van der Waals surface area contributed by atoms with Gasteiger partial charge < -0.3 is 4.90 Å². The highest BCUT2D eigenvalue weighted by Gasteiger charge is 2.12. The Labute approximate surface area is 103 Å². The van der Waals surface area contributed by atoms with Crippen LogP contribution in [0.3, 0.4) is 0 Å². The molecule has 0 N–H and O–H groups in total. The van der Waals surface area contributed by atoms with Gasteiger partial charge in [0.25, 0.3) is 0 Å². The fraction of sp³-hybridized carbons (Fsp3) is 0.400. The van der Waals surface area contributed by atoms with Gasteiger partial charge in [-0.15, -0.1) is 0 Å². The third-order valence-electron chi connectivity index (χ3n) is 1.56. The summed E-state index contributed by atoms with van der Waals surface area (Å²) in [6.45, 7) is -5.78. The molecule has 0 atom stereocenters. The molecule has 1 aromatic carbocycles. The zero-order valence-electron chi connectivity index (χ0n) is 14.4. The van der Waals surface area contributed by atoms with E-state index in [1.165, 1.54) is 18.2 Å². The first-order valence-electron chi connectivity index (χ1n) is 7.54. The monoisotopic (exact) mass is 267 g/mol. The zero-order valence-corrected chi connectivity index (χ0v) is 8.78. The molecule has 1 saturated heterocycles. The number of benzene rings is 1.